The number of hydrogen-bond acceptors (Lipinski definition) is 1. The molecule has 0 aromatic rings. The third kappa shape index (κ3) is 4.66. The lowest BCUT2D eigenvalue weighted by Crippen LogP contribution is -2.42. The van der Waals surface area contributed by atoms with Crippen LogP contribution in [0.15, 0.2) is 0 Å². The molecule has 3 fully saturated rings. The minimum absolute atomic E-state index is 0.0614. The van der Waals surface area contributed by atoms with Gasteiger partial charge >= 0.3 is 0 Å². The highest BCUT2D eigenvalue weighted by Gasteiger charge is 2.48. The van der Waals surface area contributed by atoms with Crippen LogP contribution >= 0.6 is 0 Å². The van der Waals surface area contributed by atoms with Gasteiger partial charge in [-0.2, -0.15) is 5.26 Å². The van der Waals surface area contributed by atoms with Gasteiger partial charge in [0.2, 0.25) is 0 Å². The van der Waals surface area contributed by atoms with E-state index in [0.717, 1.165) is 29.6 Å². The number of nitriles is 1. The highest BCUT2D eigenvalue weighted by atomic mass is 14.5. The van der Waals surface area contributed by atoms with E-state index in [1.807, 2.05) is 0 Å². The van der Waals surface area contributed by atoms with E-state index < -0.39 is 0 Å². The maximum absolute atomic E-state index is 10.0. The summed E-state index contributed by atoms with van der Waals surface area (Å²) in [7, 11) is 0. The third-order valence-corrected chi connectivity index (χ3v) is 8.60. The standard InChI is InChI=1S/C25H43N/c1-3-5-6-8-20-9-12-22(13-10-20)23-15-16-25(19-26)18-21(7-4-2)11-14-24(25)17-23/h20-24H,3-18H2,1-2H3/t20?,21-,22?,23?,24-,25-/m1/s1. The van der Waals surface area contributed by atoms with Gasteiger partial charge in [-0.25, -0.2) is 0 Å². The topological polar surface area (TPSA) is 23.8 Å². The quantitative estimate of drug-likeness (QED) is 0.425. The fourth-order valence-corrected chi connectivity index (χ4v) is 6.98. The summed E-state index contributed by atoms with van der Waals surface area (Å²) < 4.78 is 0. The number of unbranched alkanes of at least 4 members (excludes halogenated alkanes) is 2. The Morgan fingerprint density at radius 1 is 0.808 bits per heavy atom. The van der Waals surface area contributed by atoms with Gasteiger partial charge in [-0.15, -0.1) is 0 Å². The minimum Gasteiger partial charge on any atom is -0.198 e. The summed E-state index contributed by atoms with van der Waals surface area (Å²) in [6, 6.07) is 2.87. The van der Waals surface area contributed by atoms with E-state index in [1.54, 1.807) is 0 Å². The van der Waals surface area contributed by atoms with Crippen molar-refractivity contribution in [1.82, 2.24) is 0 Å². The van der Waals surface area contributed by atoms with Crippen LogP contribution in [0.4, 0.5) is 0 Å². The zero-order valence-corrected chi connectivity index (χ0v) is 17.6. The van der Waals surface area contributed by atoms with Crippen LogP contribution in [0.3, 0.4) is 0 Å². The molecule has 0 aliphatic heterocycles. The Morgan fingerprint density at radius 3 is 2.27 bits per heavy atom. The van der Waals surface area contributed by atoms with Crippen molar-refractivity contribution >= 4 is 0 Å². The number of hydrogen-bond donors (Lipinski definition) is 0. The molecule has 1 nitrogen and oxygen atoms in total. The van der Waals surface area contributed by atoms with Crippen LogP contribution in [-0.2, 0) is 0 Å². The molecule has 0 saturated heterocycles. The van der Waals surface area contributed by atoms with Crippen LogP contribution in [0.5, 0.6) is 0 Å². The van der Waals surface area contributed by atoms with E-state index in [1.165, 1.54) is 103 Å². The first kappa shape index (κ1) is 20.2. The van der Waals surface area contributed by atoms with Crippen LogP contribution in [-0.4, -0.2) is 0 Å². The van der Waals surface area contributed by atoms with Gasteiger partial charge in [0.05, 0.1) is 11.5 Å². The molecule has 0 radical (unpaired) electrons. The van der Waals surface area contributed by atoms with Crippen LogP contribution in [0.2, 0.25) is 0 Å². The predicted molar refractivity (Wildman–Crippen MR) is 111 cm³/mol. The molecule has 3 aliphatic rings. The SMILES string of the molecule is CCCCCC1CCC(C2CC[C@]3(C#N)C[C@H](CCC)CC[C@@H]3C2)CC1. The highest BCUT2D eigenvalue weighted by Crippen LogP contribution is 2.56. The number of nitrogens with zero attached hydrogens (tertiary/aromatic N) is 1. The van der Waals surface area contributed by atoms with E-state index >= 15 is 0 Å². The molecule has 0 spiro atoms. The molecule has 0 bridgehead atoms. The molecule has 1 heteroatoms. The second-order valence-electron chi connectivity index (χ2n) is 10.2. The maximum Gasteiger partial charge on any atom is 0.0692 e. The molecular formula is C25H43N. The lowest BCUT2D eigenvalue weighted by Gasteiger charge is -2.50. The fourth-order valence-electron chi connectivity index (χ4n) is 6.98. The third-order valence-electron chi connectivity index (χ3n) is 8.60. The van der Waals surface area contributed by atoms with Crippen LogP contribution in [0, 0.1) is 46.3 Å². The molecule has 26 heavy (non-hydrogen) atoms. The molecule has 4 atom stereocenters. The summed E-state index contributed by atoms with van der Waals surface area (Å²) in [5.74, 6) is 4.53. The summed E-state index contributed by atoms with van der Waals surface area (Å²) in [4.78, 5) is 0. The molecule has 148 valence electrons. The lowest BCUT2D eigenvalue weighted by molar-refractivity contribution is 0.0149. The van der Waals surface area contributed by atoms with Gasteiger partial charge < -0.3 is 0 Å². The normalized spacial score (nSPS) is 40.6. The molecule has 1 unspecified atom stereocenters. The van der Waals surface area contributed by atoms with Gasteiger partial charge in [-0.05, 0) is 74.5 Å². The average molecular weight is 358 g/mol. The second-order valence-corrected chi connectivity index (χ2v) is 10.2. The summed E-state index contributed by atoms with van der Waals surface area (Å²) in [5, 5.41) is 10.0. The largest absolute Gasteiger partial charge is 0.198 e. The fraction of sp³-hybridized carbons (Fsp3) is 0.960. The van der Waals surface area contributed by atoms with Crippen molar-refractivity contribution in [2.24, 2.45) is 35.0 Å². The number of fused-ring (bicyclic) bond motifs is 1. The molecule has 0 aromatic carbocycles. The summed E-state index contributed by atoms with van der Waals surface area (Å²) in [6.45, 7) is 4.62. The second kappa shape index (κ2) is 9.61. The Balaban J connectivity index is 1.49. The first-order valence-corrected chi connectivity index (χ1v) is 12.1. The van der Waals surface area contributed by atoms with Crippen molar-refractivity contribution in [3.63, 3.8) is 0 Å². The Kier molecular flexibility index (Phi) is 7.48. The minimum atomic E-state index is 0.0614. The molecule has 0 amide bonds. The predicted octanol–water partition coefficient (Wildman–Crippen LogP) is 7.90. The van der Waals surface area contributed by atoms with Crippen LogP contribution in [0.25, 0.3) is 0 Å². The zero-order valence-electron chi connectivity index (χ0n) is 17.6. The highest BCUT2D eigenvalue weighted by molar-refractivity contribution is 5.09. The van der Waals surface area contributed by atoms with Crippen LogP contribution < -0.4 is 0 Å². The first-order chi connectivity index (χ1) is 12.7. The average Bonchev–Trinajstić information content (AvgIpc) is 2.68. The van der Waals surface area contributed by atoms with Crippen molar-refractivity contribution in [1.29, 1.82) is 5.26 Å². The van der Waals surface area contributed by atoms with E-state index in [2.05, 4.69) is 19.9 Å². The molecular weight excluding hydrogens is 314 g/mol. The van der Waals surface area contributed by atoms with Crippen molar-refractivity contribution in [3.8, 4) is 6.07 Å². The summed E-state index contributed by atoms with van der Waals surface area (Å²) >= 11 is 0. The molecule has 0 aromatic heterocycles. The van der Waals surface area contributed by atoms with Gasteiger partial charge in [0.1, 0.15) is 0 Å². The van der Waals surface area contributed by atoms with E-state index in [-0.39, 0.29) is 5.41 Å². The lowest BCUT2D eigenvalue weighted by atomic mass is 9.53. The Labute approximate surface area is 163 Å². The molecule has 0 N–H and O–H groups in total. The van der Waals surface area contributed by atoms with E-state index in [0.29, 0.717) is 0 Å². The summed E-state index contributed by atoms with van der Waals surface area (Å²) in [6.07, 6.45) is 22.3. The van der Waals surface area contributed by atoms with E-state index in [4.69, 9.17) is 0 Å². The smallest absolute Gasteiger partial charge is 0.0692 e. The Bertz CT molecular complexity index is 455. The van der Waals surface area contributed by atoms with Gasteiger partial charge in [-0.1, -0.05) is 71.6 Å². The maximum atomic E-state index is 10.0. The molecule has 3 aliphatic carbocycles. The zero-order chi connectivity index (χ0) is 18.4. The van der Waals surface area contributed by atoms with Crippen molar-refractivity contribution < 1.29 is 0 Å². The van der Waals surface area contributed by atoms with Gasteiger partial charge in [0, 0.05) is 0 Å². The molecule has 0 heterocycles. The molecule has 3 saturated carbocycles. The summed E-state index contributed by atoms with van der Waals surface area (Å²) in [5.41, 5.74) is 0.0614. The molecule has 3 rings (SSSR count). The first-order valence-electron chi connectivity index (χ1n) is 12.1. The Morgan fingerprint density at radius 2 is 1.58 bits per heavy atom. The van der Waals surface area contributed by atoms with Crippen molar-refractivity contribution in [2.45, 2.75) is 117 Å². The van der Waals surface area contributed by atoms with Gasteiger partial charge in [-0.3, -0.25) is 0 Å². The van der Waals surface area contributed by atoms with Crippen molar-refractivity contribution in [2.75, 3.05) is 0 Å². The monoisotopic (exact) mass is 357 g/mol. The Hall–Kier alpha value is -0.510. The van der Waals surface area contributed by atoms with Gasteiger partial charge in [0.15, 0.2) is 0 Å². The number of rotatable bonds is 7. The van der Waals surface area contributed by atoms with Crippen molar-refractivity contribution in [3.05, 3.63) is 0 Å². The van der Waals surface area contributed by atoms with Crippen LogP contribution in [0.1, 0.15) is 117 Å². The van der Waals surface area contributed by atoms with E-state index in [9.17, 15) is 5.26 Å². The van der Waals surface area contributed by atoms with Gasteiger partial charge in [0.25, 0.3) is 0 Å².